The van der Waals surface area contributed by atoms with Gasteiger partial charge in [0.1, 0.15) is 0 Å². The molecule has 1 fully saturated rings. The van der Waals surface area contributed by atoms with Crippen LogP contribution in [0.15, 0.2) is 0 Å². The fourth-order valence-corrected chi connectivity index (χ4v) is 3.54. The SMILES string of the molecule is CN(CCCCCN)S(=O)(=O)N1CCCCC1. The molecule has 1 saturated heterocycles. The van der Waals surface area contributed by atoms with Gasteiger partial charge < -0.3 is 5.73 Å². The Morgan fingerprint density at radius 1 is 1.12 bits per heavy atom. The molecule has 5 nitrogen and oxygen atoms in total. The predicted molar refractivity (Wildman–Crippen MR) is 69.9 cm³/mol. The highest BCUT2D eigenvalue weighted by atomic mass is 32.2. The topological polar surface area (TPSA) is 66.6 Å². The average Bonchev–Trinajstić information content (AvgIpc) is 2.35. The lowest BCUT2D eigenvalue weighted by Gasteiger charge is -2.30. The lowest BCUT2D eigenvalue weighted by molar-refractivity contribution is 0.314. The van der Waals surface area contributed by atoms with Gasteiger partial charge in [0.25, 0.3) is 10.2 Å². The number of hydrogen-bond acceptors (Lipinski definition) is 3. The van der Waals surface area contributed by atoms with Gasteiger partial charge in [0.05, 0.1) is 0 Å². The van der Waals surface area contributed by atoms with E-state index in [9.17, 15) is 8.42 Å². The van der Waals surface area contributed by atoms with Gasteiger partial charge in [0.15, 0.2) is 0 Å². The molecule has 1 aliphatic heterocycles. The Morgan fingerprint density at radius 2 is 1.76 bits per heavy atom. The molecule has 0 aliphatic carbocycles. The van der Waals surface area contributed by atoms with Crippen molar-refractivity contribution in [3.63, 3.8) is 0 Å². The zero-order valence-corrected chi connectivity index (χ0v) is 11.6. The molecule has 0 aromatic carbocycles. The largest absolute Gasteiger partial charge is 0.330 e. The summed E-state index contributed by atoms with van der Waals surface area (Å²) in [6.07, 6.45) is 5.97. The maximum absolute atomic E-state index is 12.2. The molecule has 1 heterocycles. The molecule has 6 heteroatoms. The van der Waals surface area contributed by atoms with Gasteiger partial charge in [-0.25, -0.2) is 0 Å². The molecule has 0 aromatic rings. The van der Waals surface area contributed by atoms with E-state index in [-0.39, 0.29) is 0 Å². The maximum Gasteiger partial charge on any atom is 0.281 e. The second-order valence-electron chi connectivity index (χ2n) is 4.64. The summed E-state index contributed by atoms with van der Waals surface area (Å²) in [5.41, 5.74) is 5.41. The average molecular weight is 263 g/mol. The Hall–Kier alpha value is -0.170. The molecule has 0 amide bonds. The third-order valence-electron chi connectivity index (χ3n) is 3.21. The van der Waals surface area contributed by atoms with Crippen molar-refractivity contribution in [2.24, 2.45) is 5.73 Å². The van der Waals surface area contributed by atoms with Gasteiger partial charge >= 0.3 is 0 Å². The number of nitrogens with zero attached hydrogens (tertiary/aromatic N) is 2. The minimum atomic E-state index is -3.21. The van der Waals surface area contributed by atoms with Crippen LogP contribution in [0.3, 0.4) is 0 Å². The second-order valence-corrected chi connectivity index (χ2v) is 6.67. The van der Waals surface area contributed by atoms with E-state index in [2.05, 4.69) is 0 Å². The monoisotopic (exact) mass is 263 g/mol. The normalized spacial score (nSPS) is 18.8. The van der Waals surface area contributed by atoms with Crippen LogP contribution in [0.1, 0.15) is 38.5 Å². The fraction of sp³-hybridized carbons (Fsp3) is 1.00. The Morgan fingerprint density at radius 3 is 2.35 bits per heavy atom. The lowest BCUT2D eigenvalue weighted by Crippen LogP contribution is -2.44. The first-order valence-corrected chi connectivity index (χ1v) is 7.90. The highest BCUT2D eigenvalue weighted by Crippen LogP contribution is 2.15. The number of hydrogen-bond donors (Lipinski definition) is 1. The van der Waals surface area contributed by atoms with Crippen molar-refractivity contribution in [1.29, 1.82) is 0 Å². The van der Waals surface area contributed by atoms with Crippen molar-refractivity contribution in [2.75, 3.05) is 33.2 Å². The van der Waals surface area contributed by atoms with Gasteiger partial charge in [-0.3, -0.25) is 0 Å². The van der Waals surface area contributed by atoms with E-state index in [0.717, 1.165) is 38.5 Å². The first kappa shape index (κ1) is 14.9. The molecule has 0 atom stereocenters. The van der Waals surface area contributed by atoms with Crippen LogP contribution < -0.4 is 5.73 Å². The van der Waals surface area contributed by atoms with Gasteiger partial charge in [-0.1, -0.05) is 12.8 Å². The van der Waals surface area contributed by atoms with Crippen LogP contribution in [0.2, 0.25) is 0 Å². The van der Waals surface area contributed by atoms with E-state index < -0.39 is 10.2 Å². The van der Waals surface area contributed by atoms with Gasteiger partial charge in [0.2, 0.25) is 0 Å². The van der Waals surface area contributed by atoms with Gasteiger partial charge in [-0.15, -0.1) is 0 Å². The molecule has 0 aromatic heterocycles. The third-order valence-corrected chi connectivity index (χ3v) is 5.20. The highest BCUT2D eigenvalue weighted by molar-refractivity contribution is 7.86. The highest BCUT2D eigenvalue weighted by Gasteiger charge is 2.27. The van der Waals surface area contributed by atoms with Crippen molar-refractivity contribution in [2.45, 2.75) is 38.5 Å². The van der Waals surface area contributed by atoms with E-state index in [1.54, 1.807) is 11.4 Å². The molecule has 17 heavy (non-hydrogen) atoms. The van der Waals surface area contributed by atoms with E-state index in [4.69, 9.17) is 5.73 Å². The molecular formula is C11H25N3O2S. The van der Waals surface area contributed by atoms with Crippen LogP contribution in [0.25, 0.3) is 0 Å². The minimum Gasteiger partial charge on any atom is -0.330 e. The van der Waals surface area contributed by atoms with Gasteiger partial charge in [-0.2, -0.15) is 17.0 Å². The van der Waals surface area contributed by atoms with E-state index in [0.29, 0.717) is 26.2 Å². The standard InChI is InChI=1S/C11H25N3O2S/c1-13(9-5-2-4-8-12)17(15,16)14-10-6-3-7-11-14/h2-12H2,1H3. The predicted octanol–water partition coefficient (Wildman–Crippen LogP) is 0.778. The Bertz CT molecular complexity index is 300. The van der Waals surface area contributed by atoms with Crippen molar-refractivity contribution >= 4 is 10.2 Å². The van der Waals surface area contributed by atoms with Crippen LogP contribution >= 0.6 is 0 Å². The summed E-state index contributed by atoms with van der Waals surface area (Å²) in [7, 11) is -1.54. The first-order chi connectivity index (χ1) is 8.09. The number of nitrogens with two attached hydrogens (primary N) is 1. The van der Waals surface area contributed by atoms with E-state index in [1.165, 1.54) is 4.31 Å². The number of unbranched alkanes of at least 4 members (excludes halogenated alkanes) is 2. The summed E-state index contributed by atoms with van der Waals surface area (Å²) in [6.45, 7) is 2.63. The molecule has 0 saturated carbocycles. The van der Waals surface area contributed by atoms with Gasteiger partial charge in [0, 0.05) is 26.7 Å². The van der Waals surface area contributed by atoms with Crippen LogP contribution in [-0.2, 0) is 10.2 Å². The van der Waals surface area contributed by atoms with Crippen LogP contribution in [0.4, 0.5) is 0 Å². The van der Waals surface area contributed by atoms with Crippen LogP contribution in [0, 0.1) is 0 Å². The minimum absolute atomic E-state index is 0.596. The summed E-state index contributed by atoms with van der Waals surface area (Å²) >= 11 is 0. The third kappa shape index (κ3) is 4.54. The summed E-state index contributed by atoms with van der Waals surface area (Å²) < 4.78 is 27.4. The Balaban J connectivity index is 2.39. The van der Waals surface area contributed by atoms with Crippen molar-refractivity contribution < 1.29 is 8.42 Å². The second kappa shape index (κ2) is 7.31. The van der Waals surface area contributed by atoms with Crippen LogP contribution in [-0.4, -0.2) is 50.3 Å². The maximum atomic E-state index is 12.2. The molecule has 0 unspecified atom stereocenters. The van der Waals surface area contributed by atoms with Crippen LogP contribution in [0.5, 0.6) is 0 Å². The smallest absolute Gasteiger partial charge is 0.281 e. The molecule has 0 bridgehead atoms. The molecule has 2 N–H and O–H groups in total. The van der Waals surface area contributed by atoms with E-state index >= 15 is 0 Å². The van der Waals surface area contributed by atoms with Crippen molar-refractivity contribution in [3.8, 4) is 0 Å². The summed E-state index contributed by atoms with van der Waals surface area (Å²) in [4.78, 5) is 0. The number of piperidine rings is 1. The number of rotatable bonds is 7. The first-order valence-electron chi connectivity index (χ1n) is 6.50. The Kier molecular flexibility index (Phi) is 6.40. The molecule has 0 spiro atoms. The molecule has 1 aliphatic rings. The zero-order chi connectivity index (χ0) is 12.7. The Labute approximate surface area is 105 Å². The quantitative estimate of drug-likeness (QED) is 0.690. The van der Waals surface area contributed by atoms with Crippen molar-refractivity contribution in [3.05, 3.63) is 0 Å². The van der Waals surface area contributed by atoms with E-state index in [1.807, 2.05) is 0 Å². The molecule has 102 valence electrons. The summed E-state index contributed by atoms with van der Waals surface area (Å²) in [5, 5.41) is 0. The molecule has 0 radical (unpaired) electrons. The summed E-state index contributed by atoms with van der Waals surface area (Å²) in [6, 6.07) is 0. The van der Waals surface area contributed by atoms with Crippen molar-refractivity contribution in [1.82, 2.24) is 8.61 Å². The summed E-state index contributed by atoms with van der Waals surface area (Å²) in [5.74, 6) is 0. The van der Waals surface area contributed by atoms with Gasteiger partial charge in [-0.05, 0) is 32.2 Å². The molecular weight excluding hydrogens is 238 g/mol. The lowest BCUT2D eigenvalue weighted by atomic mass is 10.2. The zero-order valence-electron chi connectivity index (χ0n) is 10.8. The fourth-order valence-electron chi connectivity index (χ4n) is 2.06. The molecule has 1 rings (SSSR count).